The minimum Gasteiger partial charge on any atom is -0.481 e. The summed E-state index contributed by atoms with van der Waals surface area (Å²) in [6, 6.07) is -0.185. The molecule has 0 unspecified atom stereocenters. The number of nitrogens with zero attached hydrogens (tertiary/aromatic N) is 1. The van der Waals surface area contributed by atoms with Crippen LogP contribution in [0.5, 0.6) is 0 Å². The predicted molar refractivity (Wildman–Crippen MR) is 83.3 cm³/mol. The van der Waals surface area contributed by atoms with Crippen LogP contribution >= 0.6 is 11.3 Å². The van der Waals surface area contributed by atoms with Gasteiger partial charge < -0.3 is 21.3 Å². The number of thiazole rings is 1. The molecule has 22 heavy (non-hydrogen) atoms. The third-order valence-corrected chi connectivity index (χ3v) is 4.29. The molecule has 3 atom stereocenters. The van der Waals surface area contributed by atoms with Crippen molar-refractivity contribution >= 4 is 23.2 Å². The molecule has 1 aliphatic carbocycles. The van der Waals surface area contributed by atoms with E-state index in [-0.39, 0.29) is 17.9 Å². The molecule has 1 aromatic heterocycles. The van der Waals surface area contributed by atoms with Crippen LogP contribution in [0.15, 0.2) is 5.38 Å². The zero-order chi connectivity index (χ0) is 16.7. The topological polar surface area (TPSA) is 126 Å². The van der Waals surface area contributed by atoms with Crippen molar-refractivity contribution in [2.45, 2.75) is 51.8 Å². The average molecular weight is 329 g/mol. The number of amides is 1. The van der Waals surface area contributed by atoms with Gasteiger partial charge in [0.15, 0.2) is 0 Å². The molecule has 1 aliphatic rings. The first-order valence-electron chi connectivity index (χ1n) is 7.11. The maximum absolute atomic E-state index is 11.9. The normalized spacial score (nSPS) is 24.1. The quantitative estimate of drug-likeness (QED) is 0.645. The zero-order valence-electron chi connectivity index (χ0n) is 12.8. The molecule has 1 saturated carbocycles. The number of aryl methyl sites for hydroxylation is 1. The molecule has 1 heterocycles. The lowest BCUT2D eigenvalue weighted by Gasteiger charge is -2.29. The molecule has 0 radical (unpaired) electrons. The first-order chi connectivity index (χ1) is 10.3. The number of carbonyl (C=O) groups excluding carboxylic acids is 1. The van der Waals surface area contributed by atoms with Gasteiger partial charge in [0.1, 0.15) is 5.01 Å². The molecule has 5 N–H and O–H groups in total. The summed E-state index contributed by atoms with van der Waals surface area (Å²) in [4.78, 5) is 25.2. The summed E-state index contributed by atoms with van der Waals surface area (Å²) in [5, 5.41) is 22.8. The van der Waals surface area contributed by atoms with Gasteiger partial charge >= 0.3 is 0 Å². The molecule has 0 aromatic carbocycles. The molecular formula is C14H23N3O4S. The number of carboxylic acids is 1. The van der Waals surface area contributed by atoms with Crippen molar-refractivity contribution < 1.29 is 19.8 Å². The van der Waals surface area contributed by atoms with Crippen LogP contribution in [0.1, 0.15) is 36.9 Å². The van der Waals surface area contributed by atoms with Gasteiger partial charge in [-0.05, 0) is 26.2 Å². The van der Waals surface area contributed by atoms with Gasteiger partial charge in [0, 0.05) is 30.0 Å². The van der Waals surface area contributed by atoms with Gasteiger partial charge in [0.05, 0.1) is 12.6 Å². The lowest BCUT2D eigenvalue weighted by Crippen LogP contribution is -2.44. The van der Waals surface area contributed by atoms with Crippen molar-refractivity contribution in [2.24, 2.45) is 11.7 Å². The Morgan fingerprint density at radius 3 is 2.64 bits per heavy atom. The maximum atomic E-state index is 11.9. The molecule has 0 spiro atoms. The number of aliphatic hydroxyl groups excluding tert-OH is 1. The summed E-state index contributed by atoms with van der Waals surface area (Å²) in [7, 11) is 0. The first-order valence-corrected chi connectivity index (χ1v) is 7.99. The van der Waals surface area contributed by atoms with Gasteiger partial charge in [-0.15, -0.1) is 11.3 Å². The molecule has 1 aromatic rings. The molecular weight excluding hydrogens is 306 g/mol. The first kappa shape index (κ1) is 18.5. The lowest BCUT2D eigenvalue weighted by atomic mass is 9.84. The fraction of sp³-hybridized carbons (Fsp3) is 0.643. The summed E-state index contributed by atoms with van der Waals surface area (Å²) in [5.74, 6) is -0.963. The Hall–Kier alpha value is -1.51. The van der Waals surface area contributed by atoms with E-state index in [1.165, 1.54) is 0 Å². The fourth-order valence-corrected chi connectivity index (χ4v) is 2.91. The molecule has 0 bridgehead atoms. The van der Waals surface area contributed by atoms with Crippen molar-refractivity contribution in [1.82, 2.24) is 10.3 Å². The smallest absolute Gasteiger partial charge is 0.300 e. The number of rotatable bonds is 3. The minimum atomic E-state index is -0.833. The highest BCUT2D eigenvalue weighted by atomic mass is 32.1. The molecule has 2 rings (SSSR count). The Morgan fingerprint density at radius 2 is 2.14 bits per heavy atom. The van der Waals surface area contributed by atoms with Gasteiger partial charge in [-0.1, -0.05) is 0 Å². The van der Waals surface area contributed by atoms with Gasteiger partial charge in [-0.25, -0.2) is 4.98 Å². The lowest BCUT2D eigenvalue weighted by molar-refractivity contribution is -0.134. The Kier molecular flexibility index (Phi) is 7.43. The highest BCUT2D eigenvalue weighted by Gasteiger charge is 2.30. The van der Waals surface area contributed by atoms with Crippen molar-refractivity contribution in [2.75, 3.05) is 0 Å². The van der Waals surface area contributed by atoms with Crippen LogP contribution in [0.25, 0.3) is 0 Å². The summed E-state index contributed by atoms with van der Waals surface area (Å²) < 4.78 is 0. The van der Waals surface area contributed by atoms with Gasteiger partial charge in [0.25, 0.3) is 5.97 Å². The SMILES string of the molecule is CC(=O)O.Cc1csc(CNC(=O)[C@H]2CC[C@H](N)[C@@H](O)C2)n1. The van der Waals surface area contributed by atoms with Gasteiger partial charge in [-0.2, -0.15) is 0 Å². The fourth-order valence-electron chi connectivity index (χ4n) is 2.20. The second-order valence-corrected chi connectivity index (χ2v) is 6.30. The average Bonchev–Trinajstić information content (AvgIpc) is 2.84. The standard InChI is InChI=1S/C12H19N3O2S.C2H4O2/c1-7-6-18-11(15-7)5-14-12(17)8-2-3-9(13)10(16)4-8;1-2(3)4/h6,8-10,16H,2-5,13H2,1H3,(H,14,17);1H3,(H,3,4)/t8-,9-,10-;/m0./s1. The van der Waals surface area contributed by atoms with Crippen molar-refractivity contribution in [3.63, 3.8) is 0 Å². The number of hydrogen-bond acceptors (Lipinski definition) is 6. The van der Waals surface area contributed by atoms with Crippen molar-refractivity contribution in [3.05, 3.63) is 16.1 Å². The highest BCUT2D eigenvalue weighted by Crippen LogP contribution is 2.24. The van der Waals surface area contributed by atoms with Crippen LogP contribution in [0, 0.1) is 12.8 Å². The Bertz CT molecular complexity index is 502. The Labute approximate surface area is 133 Å². The molecule has 1 fully saturated rings. The van der Waals surface area contributed by atoms with Crippen molar-refractivity contribution in [3.8, 4) is 0 Å². The molecule has 124 valence electrons. The predicted octanol–water partition coefficient (Wildman–Crippen LogP) is 0.647. The number of carbonyl (C=O) groups is 2. The number of nitrogens with one attached hydrogen (secondary N) is 1. The minimum absolute atomic E-state index is 0.00574. The van der Waals surface area contributed by atoms with Gasteiger partial charge in [-0.3, -0.25) is 9.59 Å². The Balaban J connectivity index is 0.000000541. The summed E-state index contributed by atoms with van der Waals surface area (Å²) in [6.07, 6.45) is 1.36. The number of aliphatic hydroxyl groups is 1. The molecule has 7 nitrogen and oxygen atoms in total. The van der Waals surface area contributed by atoms with Crippen LogP contribution in [-0.2, 0) is 16.1 Å². The molecule has 0 aliphatic heterocycles. The van der Waals surface area contributed by atoms with Crippen LogP contribution in [0.3, 0.4) is 0 Å². The van der Waals surface area contributed by atoms with E-state index in [1.807, 2.05) is 12.3 Å². The second kappa shape index (κ2) is 8.82. The third-order valence-electron chi connectivity index (χ3n) is 3.32. The molecule has 1 amide bonds. The summed E-state index contributed by atoms with van der Waals surface area (Å²) >= 11 is 1.54. The zero-order valence-corrected chi connectivity index (χ0v) is 13.6. The van der Waals surface area contributed by atoms with Crippen LogP contribution in [0.2, 0.25) is 0 Å². The van der Waals surface area contributed by atoms with E-state index in [0.29, 0.717) is 19.4 Å². The van der Waals surface area contributed by atoms with E-state index in [1.54, 1.807) is 11.3 Å². The van der Waals surface area contributed by atoms with E-state index in [9.17, 15) is 9.90 Å². The number of aliphatic carboxylic acids is 1. The van der Waals surface area contributed by atoms with Crippen LogP contribution in [0.4, 0.5) is 0 Å². The third kappa shape index (κ3) is 6.50. The largest absolute Gasteiger partial charge is 0.481 e. The van der Waals surface area contributed by atoms with Crippen LogP contribution < -0.4 is 11.1 Å². The molecule has 0 saturated heterocycles. The van der Waals surface area contributed by atoms with E-state index < -0.39 is 12.1 Å². The van der Waals surface area contributed by atoms with E-state index in [4.69, 9.17) is 15.6 Å². The Morgan fingerprint density at radius 1 is 1.50 bits per heavy atom. The molecule has 8 heteroatoms. The second-order valence-electron chi connectivity index (χ2n) is 5.36. The van der Waals surface area contributed by atoms with E-state index in [0.717, 1.165) is 24.0 Å². The number of nitrogens with two attached hydrogens (primary N) is 1. The van der Waals surface area contributed by atoms with E-state index in [2.05, 4.69) is 10.3 Å². The highest BCUT2D eigenvalue weighted by molar-refractivity contribution is 7.09. The van der Waals surface area contributed by atoms with Crippen LogP contribution in [-0.4, -0.2) is 39.2 Å². The maximum Gasteiger partial charge on any atom is 0.300 e. The summed E-state index contributed by atoms with van der Waals surface area (Å²) in [6.45, 7) is 3.48. The number of aromatic nitrogens is 1. The van der Waals surface area contributed by atoms with Crippen molar-refractivity contribution in [1.29, 1.82) is 0 Å². The number of hydrogen-bond donors (Lipinski definition) is 4. The monoisotopic (exact) mass is 329 g/mol. The summed E-state index contributed by atoms with van der Waals surface area (Å²) in [5.41, 5.74) is 6.69. The van der Waals surface area contributed by atoms with Gasteiger partial charge in [0.2, 0.25) is 5.91 Å². The van der Waals surface area contributed by atoms with E-state index >= 15 is 0 Å². The number of carboxylic acid groups (broad SMARTS) is 1.